The van der Waals surface area contributed by atoms with E-state index < -0.39 is 12.1 Å². The molecule has 1 aromatic heterocycles. The third-order valence-corrected chi connectivity index (χ3v) is 3.07. The first-order chi connectivity index (χ1) is 7.97. The van der Waals surface area contributed by atoms with Crippen LogP contribution in [0.25, 0.3) is 0 Å². The number of aromatic nitrogens is 2. The Morgan fingerprint density at radius 1 is 1.18 bits per heavy atom. The van der Waals surface area contributed by atoms with Gasteiger partial charge in [-0.2, -0.15) is 18.3 Å². The number of nitrogens with zero attached hydrogens (tertiary/aromatic N) is 3. The average Bonchev–Trinajstić information content (AvgIpc) is 2.29. The monoisotopic (exact) mass is 245 g/mol. The fourth-order valence-electron chi connectivity index (χ4n) is 2.00. The number of anilines is 1. The number of piperidine rings is 1. The van der Waals surface area contributed by atoms with Crippen LogP contribution in [-0.4, -0.2) is 29.5 Å². The predicted octanol–water partition coefficient (Wildman–Crippen LogP) is 2.56. The van der Waals surface area contributed by atoms with E-state index in [0.717, 1.165) is 5.69 Å². The number of hydrogen-bond donors (Lipinski definition) is 0. The number of alkyl halides is 3. The molecule has 6 heteroatoms. The molecule has 0 unspecified atom stereocenters. The van der Waals surface area contributed by atoms with Gasteiger partial charge in [-0.1, -0.05) is 0 Å². The van der Waals surface area contributed by atoms with Gasteiger partial charge in [-0.15, -0.1) is 5.10 Å². The highest BCUT2D eigenvalue weighted by atomic mass is 19.4. The molecule has 3 nitrogen and oxygen atoms in total. The molecule has 1 aromatic rings. The molecule has 0 spiro atoms. The van der Waals surface area contributed by atoms with Crippen LogP contribution in [0.15, 0.2) is 12.1 Å². The quantitative estimate of drug-likeness (QED) is 0.761. The Bertz CT molecular complexity index is 367. The molecule has 1 fully saturated rings. The molecule has 1 saturated heterocycles. The summed E-state index contributed by atoms with van der Waals surface area (Å²) in [7, 11) is 0. The largest absolute Gasteiger partial charge is 0.391 e. The van der Waals surface area contributed by atoms with Crippen molar-refractivity contribution in [3.05, 3.63) is 17.8 Å². The van der Waals surface area contributed by atoms with E-state index in [1.54, 1.807) is 6.07 Å². The maximum absolute atomic E-state index is 12.5. The molecule has 1 aliphatic heterocycles. The minimum atomic E-state index is -4.06. The van der Waals surface area contributed by atoms with Crippen LogP contribution in [0.3, 0.4) is 0 Å². The fourth-order valence-corrected chi connectivity index (χ4v) is 2.00. The van der Waals surface area contributed by atoms with Gasteiger partial charge in [0.15, 0.2) is 5.82 Å². The Balaban J connectivity index is 1.97. The molecule has 0 aromatic carbocycles. The van der Waals surface area contributed by atoms with Gasteiger partial charge in [0.2, 0.25) is 0 Å². The van der Waals surface area contributed by atoms with Gasteiger partial charge in [0.05, 0.1) is 11.6 Å². The van der Waals surface area contributed by atoms with Crippen molar-refractivity contribution in [3.8, 4) is 0 Å². The Morgan fingerprint density at radius 3 is 2.29 bits per heavy atom. The van der Waals surface area contributed by atoms with E-state index in [1.165, 1.54) is 0 Å². The molecule has 1 aliphatic rings. The van der Waals surface area contributed by atoms with E-state index >= 15 is 0 Å². The maximum Gasteiger partial charge on any atom is 0.391 e. The Labute approximate surface area is 97.6 Å². The highest BCUT2D eigenvalue weighted by Crippen LogP contribution is 2.34. The average molecular weight is 245 g/mol. The van der Waals surface area contributed by atoms with Crippen molar-refractivity contribution < 1.29 is 13.2 Å². The Hall–Kier alpha value is -1.33. The van der Waals surface area contributed by atoms with Gasteiger partial charge in [-0.3, -0.25) is 0 Å². The summed E-state index contributed by atoms with van der Waals surface area (Å²) in [5, 5.41) is 7.89. The smallest absolute Gasteiger partial charge is 0.355 e. The summed E-state index contributed by atoms with van der Waals surface area (Å²) in [5.41, 5.74) is 0.805. The Morgan fingerprint density at radius 2 is 1.82 bits per heavy atom. The topological polar surface area (TPSA) is 29.0 Å². The molecule has 17 heavy (non-hydrogen) atoms. The predicted molar refractivity (Wildman–Crippen MR) is 57.8 cm³/mol. The molecular formula is C11H14F3N3. The lowest BCUT2D eigenvalue weighted by Crippen LogP contribution is -2.39. The van der Waals surface area contributed by atoms with Crippen LogP contribution in [0.1, 0.15) is 18.5 Å². The first-order valence-electron chi connectivity index (χ1n) is 5.59. The van der Waals surface area contributed by atoms with Gasteiger partial charge in [0, 0.05) is 13.1 Å². The summed E-state index contributed by atoms with van der Waals surface area (Å²) in [4.78, 5) is 1.86. The van der Waals surface area contributed by atoms with Crippen LogP contribution in [0.2, 0.25) is 0 Å². The minimum Gasteiger partial charge on any atom is -0.355 e. The van der Waals surface area contributed by atoms with Gasteiger partial charge in [0.1, 0.15) is 0 Å². The van der Waals surface area contributed by atoms with E-state index in [-0.39, 0.29) is 12.8 Å². The summed E-state index contributed by atoms with van der Waals surface area (Å²) in [6, 6.07) is 3.62. The lowest BCUT2D eigenvalue weighted by molar-refractivity contribution is -0.179. The first kappa shape index (κ1) is 12.1. The second kappa shape index (κ2) is 4.50. The van der Waals surface area contributed by atoms with Crippen LogP contribution < -0.4 is 4.90 Å². The van der Waals surface area contributed by atoms with Crippen LogP contribution >= 0.6 is 0 Å². The lowest BCUT2D eigenvalue weighted by atomic mass is 9.96. The second-order valence-electron chi connectivity index (χ2n) is 4.34. The number of aryl methyl sites for hydroxylation is 1. The van der Waals surface area contributed by atoms with E-state index in [2.05, 4.69) is 10.2 Å². The van der Waals surface area contributed by atoms with E-state index in [9.17, 15) is 13.2 Å². The van der Waals surface area contributed by atoms with Crippen LogP contribution in [0.5, 0.6) is 0 Å². The number of halogens is 3. The van der Waals surface area contributed by atoms with Crippen molar-refractivity contribution >= 4 is 5.82 Å². The summed E-state index contributed by atoms with van der Waals surface area (Å²) >= 11 is 0. The summed E-state index contributed by atoms with van der Waals surface area (Å²) < 4.78 is 37.4. The summed E-state index contributed by atoms with van der Waals surface area (Å²) in [6.45, 7) is 2.61. The van der Waals surface area contributed by atoms with Crippen molar-refractivity contribution in [3.63, 3.8) is 0 Å². The van der Waals surface area contributed by atoms with Gasteiger partial charge in [0.25, 0.3) is 0 Å². The molecule has 0 N–H and O–H groups in total. The fraction of sp³-hybridized carbons (Fsp3) is 0.636. The van der Waals surface area contributed by atoms with Gasteiger partial charge in [-0.25, -0.2) is 0 Å². The minimum absolute atomic E-state index is 0.138. The maximum atomic E-state index is 12.5. The van der Waals surface area contributed by atoms with Crippen molar-refractivity contribution in [2.75, 3.05) is 18.0 Å². The zero-order chi connectivity index (χ0) is 12.5. The standard InChI is InChI=1S/C11H14F3N3/c1-8-2-3-10(16-15-8)17-6-4-9(5-7-17)11(12,13)14/h2-3,9H,4-7H2,1H3. The third kappa shape index (κ3) is 2.87. The van der Waals surface area contributed by atoms with Crippen LogP contribution in [-0.2, 0) is 0 Å². The van der Waals surface area contributed by atoms with Crippen molar-refractivity contribution in [2.45, 2.75) is 25.9 Å². The van der Waals surface area contributed by atoms with E-state index in [0.29, 0.717) is 18.9 Å². The molecule has 0 aliphatic carbocycles. The number of hydrogen-bond acceptors (Lipinski definition) is 3. The Kier molecular flexibility index (Phi) is 3.22. The lowest BCUT2D eigenvalue weighted by Gasteiger charge is -2.33. The second-order valence-corrected chi connectivity index (χ2v) is 4.34. The van der Waals surface area contributed by atoms with Crippen molar-refractivity contribution in [2.24, 2.45) is 5.92 Å². The van der Waals surface area contributed by atoms with Crippen molar-refractivity contribution in [1.29, 1.82) is 0 Å². The van der Waals surface area contributed by atoms with Crippen LogP contribution in [0, 0.1) is 12.8 Å². The zero-order valence-corrected chi connectivity index (χ0v) is 9.54. The van der Waals surface area contributed by atoms with E-state index in [1.807, 2.05) is 17.9 Å². The van der Waals surface area contributed by atoms with Crippen molar-refractivity contribution in [1.82, 2.24) is 10.2 Å². The molecule has 2 heterocycles. The molecular weight excluding hydrogens is 231 g/mol. The highest BCUT2D eigenvalue weighted by molar-refractivity contribution is 5.37. The molecule has 94 valence electrons. The molecule has 2 rings (SSSR count). The zero-order valence-electron chi connectivity index (χ0n) is 9.54. The molecule has 0 saturated carbocycles. The third-order valence-electron chi connectivity index (χ3n) is 3.07. The summed E-state index contributed by atoms with van der Waals surface area (Å²) in [5.74, 6) is -0.506. The highest BCUT2D eigenvalue weighted by Gasteiger charge is 2.41. The number of rotatable bonds is 1. The van der Waals surface area contributed by atoms with Gasteiger partial charge < -0.3 is 4.90 Å². The summed E-state index contributed by atoms with van der Waals surface area (Å²) in [6.07, 6.45) is -3.79. The molecule has 0 atom stereocenters. The molecule has 0 radical (unpaired) electrons. The SMILES string of the molecule is Cc1ccc(N2CCC(C(F)(F)F)CC2)nn1. The first-order valence-corrected chi connectivity index (χ1v) is 5.59. The van der Waals surface area contributed by atoms with Gasteiger partial charge >= 0.3 is 6.18 Å². The van der Waals surface area contributed by atoms with Crippen LogP contribution in [0.4, 0.5) is 19.0 Å². The molecule has 0 bridgehead atoms. The molecule has 0 amide bonds. The normalized spacial score (nSPS) is 18.5. The van der Waals surface area contributed by atoms with E-state index in [4.69, 9.17) is 0 Å². The van der Waals surface area contributed by atoms with Gasteiger partial charge in [-0.05, 0) is 31.9 Å².